The van der Waals surface area contributed by atoms with Crippen LogP contribution in [0.5, 0.6) is 0 Å². The topological polar surface area (TPSA) is 43.8 Å². The summed E-state index contributed by atoms with van der Waals surface area (Å²) in [5, 5.41) is 4.46. The first-order chi connectivity index (χ1) is 7.50. The molecule has 0 saturated heterocycles. The van der Waals surface area contributed by atoms with Gasteiger partial charge in [-0.25, -0.2) is 4.68 Å². The monoisotopic (exact) mass is 391 g/mol. The van der Waals surface area contributed by atoms with Gasteiger partial charge < -0.3 is 5.73 Å². The minimum absolute atomic E-state index is 0.741. The van der Waals surface area contributed by atoms with Crippen LogP contribution in [0, 0.1) is 17.4 Å². The minimum Gasteiger partial charge on any atom is -0.397 e. The van der Waals surface area contributed by atoms with Crippen molar-refractivity contribution in [2.24, 2.45) is 0 Å². The molecule has 0 radical (unpaired) electrons. The smallest absolute Gasteiger partial charge is 0.0879 e. The zero-order valence-electron chi connectivity index (χ0n) is 8.96. The van der Waals surface area contributed by atoms with Gasteiger partial charge in [-0.2, -0.15) is 5.10 Å². The molecule has 0 aliphatic heterocycles. The van der Waals surface area contributed by atoms with Crippen molar-refractivity contribution in [1.29, 1.82) is 0 Å². The van der Waals surface area contributed by atoms with E-state index in [0.717, 1.165) is 30.8 Å². The Morgan fingerprint density at radius 1 is 1.38 bits per heavy atom. The third-order valence-corrected chi connectivity index (χ3v) is 4.24. The number of rotatable bonds is 1. The average molecular weight is 392 g/mol. The van der Waals surface area contributed by atoms with E-state index < -0.39 is 0 Å². The van der Waals surface area contributed by atoms with Crippen LogP contribution in [0.3, 0.4) is 0 Å². The second-order valence-electron chi connectivity index (χ2n) is 3.60. The molecule has 1 aromatic carbocycles. The predicted molar refractivity (Wildman–Crippen MR) is 77.9 cm³/mol. The fraction of sp³-hybridized carbons (Fsp3) is 0.182. The number of halogens is 2. The summed E-state index contributed by atoms with van der Waals surface area (Å²) >= 11 is 5.75. The lowest BCUT2D eigenvalue weighted by atomic mass is 10.2. The number of hydrogen-bond donors (Lipinski definition) is 1. The number of hydrogen-bond acceptors (Lipinski definition) is 2. The Balaban J connectivity index is 2.63. The van der Waals surface area contributed by atoms with E-state index in [1.165, 1.54) is 0 Å². The molecule has 0 aliphatic rings. The zero-order valence-corrected chi connectivity index (χ0v) is 12.7. The van der Waals surface area contributed by atoms with Crippen molar-refractivity contribution in [2.45, 2.75) is 13.8 Å². The van der Waals surface area contributed by atoms with Crippen LogP contribution in [0.15, 0.2) is 22.7 Å². The van der Waals surface area contributed by atoms with Crippen molar-refractivity contribution in [3.63, 3.8) is 0 Å². The lowest BCUT2D eigenvalue weighted by molar-refractivity contribution is 0.835. The Kier molecular flexibility index (Phi) is 3.25. The van der Waals surface area contributed by atoms with Gasteiger partial charge in [-0.05, 0) is 70.6 Å². The molecule has 0 spiro atoms. The summed E-state index contributed by atoms with van der Waals surface area (Å²) in [5.41, 5.74) is 9.69. The standard InChI is InChI=1S/C11H11BrIN3/c1-6-11(12)7(2)16(15-6)10-4-3-8(13)5-9(10)14/h3-5H,14H2,1-2H3. The van der Waals surface area contributed by atoms with Crippen LogP contribution < -0.4 is 5.73 Å². The molecular formula is C11H11BrIN3. The molecule has 0 unspecified atom stereocenters. The van der Waals surface area contributed by atoms with Crippen LogP contribution in [0.25, 0.3) is 5.69 Å². The van der Waals surface area contributed by atoms with Crippen molar-refractivity contribution in [1.82, 2.24) is 9.78 Å². The van der Waals surface area contributed by atoms with E-state index in [9.17, 15) is 0 Å². The van der Waals surface area contributed by atoms with E-state index in [0.29, 0.717) is 0 Å². The van der Waals surface area contributed by atoms with Gasteiger partial charge in [-0.3, -0.25) is 0 Å². The normalized spacial score (nSPS) is 10.8. The molecule has 5 heteroatoms. The largest absolute Gasteiger partial charge is 0.397 e. The Morgan fingerprint density at radius 3 is 2.56 bits per heavy atom. The second-order valence-corrected chi connectivity index (χ2v) is 5.64. The summed E-state index contributed by atoms with van der Waals surface area (Å²) in [7, 11) is 0. The summed E-state index contributed by atoms with van der Waals surface area (Å²) in [6.45, 7) is 3.98. The quantitative estimate of drug-likeness (QED) is 0.597. The predicted octanol–water partition coefficient (Wildman–Crippen LogP) is 3.44. The number of nitrogens with two attached hydrogens (primary N) is 1. The lowest BCUT2D eigenvalue weighted by Crippen LogP contribution is -2.03. The van der Waals surface area contributed by atoms with Crippen LogP contribution in [0.4, 0.5) is 5.69 Å². The van der Waals surface area contributed by atoms with Crippen LogP contribution >= 0.6 is 38.5 Å². The Morgan fingerprint density at radius 2 is 2.06 bits per heavy atom. The molecule has 0 saturated carbocycles. The Hall–Kier alpha value is -0.560. The maximum absolute atomic E-state index is 6.00. The first kappa shape index (κ1) is 11.9. The van der Waals surface area contributed by atoms with Gasteiger partial charge >= 0.3 is 0 Å². The zero-order chi connectivity index (χ0) is 11.9. The summed E-state index contributed by atoms with van der Waals surface area (Å²) in [6.07, 6.45) is 0. The fourth-order valence-corrected chi connectivity index (χ4v) is 2.34. The van der Waals surface area contributed by atoms with E-state index in [-0.39, 0.29) is 0 Å². The first-order valence-electron chi connectivity index (χ1n) is 4.78. The summed E-state index contributed by atoms with van der Waals surface area (Å²) < 4.78 is 4.02. The molecule has 2 rings (SSSR count). The molecule has 0 fully saturated rings. The SMILES string of the molecule is Cc1nn(-c2ccc(I)cc2N)c(C)c1Br. The van der Waals surface area contributed by atoms with Crippen LogP contribution in [0.2, 0.25) is 0 Å². The third kappa shape index (κ3) is 1.98. The van der Waals surface area contributed by atoms with Gasteiger partial charge in [0.1, 0.15) is 0 Å². The van der Waals surface area contributed by atoms with Crippen molar-refractivity contribution in [2.75, 3.05) is 5.73 Å². The number of nitrogen functional groups attached to an aromatic ring is 1. The highest BCUT2D eigenvalue weighted by molar-refractivity contribution is 14.1. The van der Waals surface area contributed by atoms with Crippen LogP contribution in [0.1, 0.15) is 11.4 Å². The molecule has 0 atom stereocenters. The van der Waals surface area contributed by atoms with Crippen LogP contribution in [-0.4, -0.2) is 9.78 Å². The number of nitrogens with zero attached hydrogens (tertiary/aromatic N) is 2. The number of aryl methyl sites for hydroxylation is 1. The maximum atomic E-state index is 6.00. The van der Waals surface area contributed by atoms with E-state index >= 15 is 0 Å². The molecule has 0 amide bonds. The molecule has 0 aliphatic carbocycles. The van der Waals surface area contributed by atoms with E-state index in [1.54, 1.807) is 0 Å². The van der Waals surface area contributed by atoms with Gasteiger partial charge in [0.2, 0.25) is 0 Å². The van der Waals surface area contributed by atoms with Gasteiger partial charge in [0.15, 0.2) is 0 Å². The van der Waals surface area contributed by atoms with Gasteiger partial charge in [-0.15, -0.1) is 0 Å². The Bertz CT molecular complexity index is 548. The fourth-order valence-electron chi connectivity index (χ4n) is 1.58. The van der Waals surface area contributed by atoms with Crippen molar-refractivity contribution in [3.05, 3.63) is 37.6 Å². The van der Waals surface area contributed by atoms with Gasteiger partial charge in [-0.1, -0.05) is 0 Å². The molecule has 3 nitrogen and oxygen atoms in total. The molecule has 0 bridgehead atoms. The van der Waals surface area contributed by atoms with Crippen molar-refractivity contribution in [3.8, 4) is 5.69 Å². The molecule has 84 valence electrons. The van der Waals surface area contributed by atoms with Crippen molar-refractivity contribution >= 4 is 44.2 Å². The molecule has 2 N–H and O–H groups in total. The number of aromatic nitrogens is 2. The first-order valence-corrected chi connectivity index (χ1v) is 6.65. The maximum Gasteiger partial charge on any atom is 0.0879 e. The van der Waals surface area contributed by atoms with Gasteiger partial charge in [0, 0.05) is 3.57 Å². The number of anilines is 1. The highest BCUT2D eigenvalue weighted by atomic mass is 127. The Labute approximate surface area is 116 Å². The second kappa shape index (κ2) is 4.37. The lowest BCUT2D eigenvalue weighted by Gasteiger charge is -2.08. The minimum atomic E-state index is 0.741. The highest BCUT2D eigenvalue weighted by Gasteiger charge is 2.12. The average Bonchev–Trinajstić information content (AvgIpc) is 2.46. The van der Waals surface area contributed by atoms with Gasteiger partial charge in [0.25, 0.3) is 0 Å². The van der Waals surface area contributed by atoms with Gasteiger partial charge in [0.05, 0.1) is 27.2 Å². The van der Waals surface area contributed by atoms with Crippen molar-refractivity contribution < 1.29 is 0 Å². The summed E-state index contributed by atoms with van der Waals surface area (Å²) in [4.78, 5) is 0. The molecular weight excluding hydrogens is 381 g/mol. The number of benzene rings is 1. The molecule has 1 heterocycles. The molecule has 16 heavy (non-hydrogen) atoms. The summed E-state index contributed by atoms with van der Waals surface area (Å²) in [6, 6.07) is 5.96. The van der Waals surface area contributed by atoms with E-state index in [2.05, 4.69) is 43.6 Å². The van der Waals surface area contributed by atoms with E-state index in [1.807, 2.05) is 36.7 Å². The molecule has 1 aromatic heterocycles. The van der Waals surface area contributed by atoms with E-state index in [4.69, 9.17) is 5.73 Å². The highest BCUT2D eigenvalue weighted by Crippen LogP contribution is 2.26. The van der Waals surface area contributed by atoms with Crippen LogP contribution in [-0.2, 0) is 0 Å². The summed E-state index contributed by atoms with van der Waals surface area (Å²) in [5.74, 6) is 0. The molecule has 2 aromatic rings. The third-order valence-electron chi connectivity index (χ3n) is 2.42.